The molecule has 0 spiro atoms. The first kappa shape index (κ1) is 12.8. The number of hydrogen-bond acceptors (Lipinski definition) is 3. The van der Waals surface area contributed by atoms with Crippen LogP contribution in [-0.4, -0.2) is 49.0 Å². The average Bonchev–Trinajstić information content (AvgIpc) is 2.29. The van der Waals surface area contributed by atoms with Crippen LogP contribution in [0.4, 0.5) is 0 Å². The second-order valence-corrected chi connectivity index (χ2v) is 5.38. The van der Waals surface area contributed by atoms with Crippen molar-refractivity contribution >= 4 is 17.7 Å². The summed E-state index contributed by atoms with van der Waals surface area (Å²) >= 11 is 1.83. The van der Waals surface area contributed by atoms with Gasteiger partial charge in [0.1, 0.15) is 0 Å². The van der Waals surface area contributed by atoms with E-state index in [1.807, 2.05) is 30.8 Å². The molecule has 1 aliphatic heterocycles. The minimum atomic E-state index is 0.235. The molecule has 1 amide bonds. The molecule has 1 heterocycles. The Morgan fingerprint density at radius 2 is 2.33 bits per heavy atom. The van der Waals surface area contributed by atoms with E-state index in [1.165, 1.54) is 12.8 Å². The fraction of sp³-hybridized carbons (Fsp3) is 0.909. The van der Waals surface area contributed by atoms with Crippen LogP contribution < -0.4 is 5.32 Å². The fourth-order valence-corrected chi connectivity index (χ4v) is 3.10. The zero-order valence-corrected chi connectivity index (χ0v) is 10.6. The monoisotopic (exact) mass is 230 g/mol. The van der Waals surface area contributed by atoms with Crippen LogP contribution in [0.1, 0.15) is 25.7 Å². The largest absolute Gasteiger partial charge is 0.345 e. The van der Waals surface area contributed by atoms with Crippen LogP contribution in [0.15, 0.2) is 0 Å². The van der Waals surface area contributed by atoms with Crippen LogP contribution in [0.2, 0.25) is 0 Å². The van der Waals surface area contributed by atoms with Gasteiger partial charge in [-0.15, -0.1) is 11.8 Å². The van der Waals surface area contributed by atoms with Crippen molar-refractivity contribution in [1.29, 1.82) is 0 Å². The molecular weight excluding hydrogens is 208 g/mol. The number of carbonyl (C=O) groups excluding carboxylic acids is 1. The molecule has 0 aromatic rings. The smallest absolute Gasteiger partial charge is 0.235 e. The first-order chi connectivity index (χ1) is 7.25. The highest BCUT2D eigenvalue weighted by atomic mass is 32.2. The fourth-order valence-electron chi connectivity index (χ4n) is 1.78. The van der Waals surface area contributed by atoms with Gasteiger partial charge >= 0.3 is 0 Å². The summed E-state index contributed by atoms with van der Waals surface area (Å²) in [5.74, 6) is 1.48. The summed E-state index contributed by atoms with van der Waals surface area (Å²) in [7, 11) is 3.87. The highest BCUT2D eigenvalue weighted by Gasteiger charge is 2.24. The Bertz CT molecular complexity index is 193. The van der Waals surface area contributed by atoms with Gasteiger partial charge in [-0.05, 0) is 38.6 Å². The molecule has 1 N–H and O–H groups in total. The standard InChI is InChI=1S/C11H22N2OS/c1-12-7-5-8-13(2)11(14)10-6-3-4-9-15-10/h10,12H,3-9H2,1-2H3. The van der Waals surface area contributed by atoms with Gasteiger partial charge in [0.05, 0.1) is 5.25 Å². The summed E-state index contributed by atoms with van der Waals surface area (Å²) in [4.78, 5) is 13.9. The van der Waals surface area contributed by atoms with Gasteiger partial charge in [0.2, 0.25) is 5.91 Å². The first-order valence-electron chi connectivity index (χ1n) is 5.77. The van der Waals surface area contributed by atoms with Crippen molar-refractivity contribution in [3.8, 4) is 0 Å². The molecule has 0 aliphatic carbocycles. The molecule has 1 aliphatic rings. The number of amides is 1. The van der Waals surface area contributed by atoms with Crippen LogP contribution in [0, 0.1) is 0 Å². The van der Waals surface area contributed by atoms with Crippen molar-refractivity contribution in [3.63, 3.8) is 0 Å². The van der Waals surface area contributed by atoms with Crippen LogP contribution in [0.25, 0.3) is 0 Å². The van der Waals surface area contributed by atoms with Crippen LogP contribution in [0.5, 0.6) is 0 Å². The summed E-state index contributed by atoms with van der Waals surface area (Å²) in [5, 5.41) is 3.33. The third-order valence-corrected chi connectivity index (χ3v) is 4.12. The second-order valence-electron chi connectivity index (χ2n) is 4.07. The molecule has 1 fully saturated rings. The summed E-state index contributed by atoms with van der Waals surface area (Å²) in [6, 6.07) is 0. The molecule has 0 radical (unpaired) electrons. The lowest BCUT2D eigenvalue weighted by Gasteiger charge is -2.26. The Labute approximate surface area is 97.0 Å². The van der Waals surface area contributed by atoms with Crippen molar-refractivity contribution in [2.24, 2.45) is 0 Å². The van der Waals surface area contributed by atoms with Gasteiger partial charge in [0.25, 0.3) is 0 Å². The molecule has 0 aromatic carbocycles. The Hall–Kier alpha value is -0.220. The molecule has 4 heteroatoms. The zero-order valence-electron chi connectivity index (χ0n) is 9.79. The average molecular weight is 230 g/mol. The molecule has 1 rings (SSSR count). The molecule has 0 saturated carbocycles. The number of nitrogens with zero attached hydrogens (tertiary/aromatic N) is 1. The maximum absolute atomic E-state index is 12.0. The zero-order chi connectivity index (χ0) is 11.1. The quantitative estimate of drug-likeness (QED) is 0.723. The number of rotatable bonds is 5. The van der Waals surface area contributed by atoms with Crippen LogP contribution in [-0.2, 0) is 4.79 Å². The molecule has 0 bridgehead atoms. The number of thioether (sulfide) groups is 1. The molecule has 88 valence electrons. The molecule has 0 aromatic heterocycles. The van der Waals surface area contributed by atoms with E-state index >= 15 is 0 Å². The molecule has 1 unspecified atom stereocenters. The van der Waals surface area contributed by atoms with Crippen molar-refractivity contribution in [1.82, 2.24) is 10.2 Å². The van der Waals surface area contributed by atoms with E-state index in [1.54, 1.807) is 0 Å². The van der Waals surface area contributed by atoms with Crippen molar-refractivity contribution in [3.05, 3.63) is 0 Å². The number of carbonyl (C=O) groups is 1. The van der Waals surface area contributed by atoms with Gasteiger partial charge < -0.3 is 10.2 Å². The molecule has 15 heavy (non-hydrogen) atoms. The van der Waals surface area contributed by atoms with Crippen LogP contribution in [0.3, 0.4) is 0 Å². The highest BCUT2D eigenvalue weighted by Crippen LogP contribution is 2.26. The van der Waals surface area contributed by atoms with E-state index in [-0.39, 0.29) is 5.25 Å². The van der Waals surface area contributed by atoms with Gasteiger partial charge in [-0.2, -0.15) is 0 Å². The second kappa shape index (κ2) is 7.12. The summed E-state index contributed by atoms with van der Waals surface area (Å²) < 4.78 is 0. The van der Waals surface area contributed by atoms with Crippen molar-refractivity contribution < 1.29 is 4.79 Å². The predicted octanol–water partition coefficient (Wildman–Crippen LogP) is 1.34. The number of nitrogens with one attached hydrogen (secondary N) is 1. The summed E-state index contributed by atoms with van der Waals surface area (Å²) in [6.45, 7) is 1.85. The molecule has 1 atom stereocenters. The van der Waals surface area contributed by atoms with Gasteiger partial charge in [0, 0.05) is 13.6 Å². The van der Waals surface area contributed by atoms with E-state index in [9.17, 15) is 4.79 Å². The summed E-state index contributed by atoms with van der Waals surface area (Å²) in [5.41, 5.74) is 0. The predicted molar refractivity (Wildman–Crippen MR) is 66.3 cm³/mol. The summed E-state index contributed by atoms with van der Waals surface area (Å²) in [6.07, 6.45) is 4.60. The Morgan fingerprint density at radius 3 is 2.93 bits per heavy atom. The maximum Gasteiger partial charge on any atom is 0.235 e. The first-order valence-corrected chi connectivity index (χ1v) is 6.81. The van der Waals surface area contributed by atoms with E-state index < -0.39 is 0 Å². The normalized spacial score (nSPS) is 21.3. The highest BCUT2D eigenvalue weighted by molar-refractivity contribution is 8.00. The van der Waals surface area contributed by atoms with Gasteiger partial charge in [-0.3, -0.25) is 4.79 Å². The number of hydrogen-bond donors (Lipinski definition) is 1. The lowest BCUT2D eigenvalue weighted by molar-refractivity contribution is -0.129. The Balaban J connectivity index is 2.24. The minimum Gasteiger partial charge on any atom is -0.345 e. The topological polar surface area (TPSA) is 32.3 Å². The molecular formula is C11H22N2OS. The van der Waals surface area contributed by atoms with Crippen molar-refractivity contribution in [2.45, 2.75) is 30.9 Å². The molecule has 1 saturated heterocycles. The van der Waals surface area contributed by atoms with E-state index in [0.717, 1.165) is 31.7 Å². The van der Waals surface area contributed by atoms with E-state index in [2.05, 4.69) is 5.32 Å². The van der Waals surface area contributed by atoms with Gasteiger partial charge in [0.15, 0.2) is 0 Å². The SMILES string of the molecule is CNCCCN(C)C(=O)C1CCCCS1. The third-order valence-electron chi connectivity index (χ3n) is 2.75. The van der Waals surface area contributed by atoms with Gasteiger partial charge in [-0.1, -0.05) is 6.42 Å². The third kappa shape index (κ3) is 4.43. The van der Waals surface area contributed by atoms with E-state index in [4.69, 9.17) is 0 Å². The maximum atomic E-state index is 12.0. The Morgan fingerprint density at radius 1 is 1.53 bits per heavy atom. The Kier molecular flexibility index (Phi) is 6.10. The van der Waals surface area contributed by atoms with E-state index in [0.29, 0.717) is 5.91 Å². The molecule has 3 nitrogen and oxygen atoms in total. The van der Waals surface area contributed by atoms with Crippen molar-refractivity contribution in [2.75, 3.05) is 32.9 Å². The lowest BCUT2D eigenvalue weighted by atomic mass is 10.1. The minimum absolute atomic E-state index is 0.235. The van der Waals surface area contributed by atoms with Gasteiger partial charge in [-0.25, -0.2) is 0 Å². The lowest BCUT2D eigenvalue weighted by Crippen LogP contribution is -2.37. The van der Waals surface area contributed by atoms with Crippen LogP contribution >= 0.6 is 11.8 Å².